The van der Waals surface area contributed by atoms with Crippen molar-refractivity contribution in [2.45, 2.75) is 25.3 Å². The lowest BCUT2D eigenvalue weighted by Gasteiger charge is -2.23. The van der Waals surface area contributed by atoms with E-state index in [4.69, 9.17) is 5.11 Å². The van der Waals surface area contributed by atoms with Gasteiger partial charge in [-0.1, -0.05) is 5.21 Å². The maximum atomic E-state index is 11.2. The molecule has 1 aromatic carbocycles. The van der Waals surface area contributed by atoms with Crippen molar-refractivity contribution < 1.29 is 9.90 Å². The van der Waals surface area contributed by atoms with E-state index in [0.717, 1.165) is 30.3 Å². The Morgan fingerprint density at radius 2 is 2.29 bits per heavy atom. The molecule has 0 saturated heterocycles. The van der Waals surface area contributed by atoms with Gasteiger partial charge in [-0.25, -0.2) is 9.48 Å². The van der Waals surface area contributed by atoms with Crippen LogP contribution in [-0.4, -0.2) is 26.1 Å². The zero-order valence-electron chi connectivity index (χ0n) is 11.2. The van der Waals surface area contributed by atoms with Crippen LogP contribution in [0.2, 0.25) is 0 Å². The summed E-state index contributed by atoms with van der Waals surface area (Å²) in [6.45, 7) is 0. The van der Waals surface area contributed by atoms with Crippen LogP contribution < -0.4 is 0 Å². The number of aryl methyl sites for hydroxylation is 1. The summed E-state index contributed by atoms with van der Waals surface area (Å²) in [5.41, 5.74) is 3.10. The fourth-order valence-corrected chi connectivity index (χ4v) is 4.00. The quantitative estimate of drug-likeness (QED) is 0.789. The first kappa shape index (κ1) is 12.5. The van der Waals surface area contributed by atoms with Gasteiger partial charge in [0, 0.05) is 4.88 Å². The summed E-state index contributed by atoms with van der Waals surface area (Å²) in [7, 11) is 0. The second kappa shape index (κ2) is 4.66. The Morgan fingerprint density at radius 3 is 3.14 bits per heavy atom. The van der Waals surface area contributed by atoms with Crippen LogP contribution in [0.15, 0.2) is 29.6 Å². The van der Waals surface area contributed by atoms with E-state index in [0.29, 0.717) is 0 Å². The maximum absolute atomic E-state index is 11.2. The number of nitrogens with zero attached hydrogens (tertiary/aromatic N) is 3. The van der Waals surface area contributed by atoms with E-state index in [9.17, 15) is 4.79 Å². The van der Waals surface area contributed by atoms with Crippen molar-refractivity contribution in [3.8, 4) is 0 Å². The van der Waals surface area contributed by atoms with Gasteiger partial charge in [-0.3, -0.25) is 0 Å². The summed E-state index contributed by atoms with van der Waals surface area (Å²) >= 11 is 1.78. The molecule has 1 unspecified atom stereocenters. The molecule has 2 aromatic heterocycles. The second-order valence-corrected chi connectivity index (χ2v) is 6.25. The maximum Gasteiger partial charge on any atom is 0.335 e. The number of hydrogen-bond acceptors (Lipinski definition) is 4. The first-order chi connectivity index (χ1) is 10.2. The molecule has 1 atom stereocenters. The number of carboxylic acids is 1. The van der Waals surface area contributed by atoms with Crippen molar-refractivity contribution >= 4 is 28.3 Å². The molecule has 1 aliphatic carbocycles. The van der Waals surface area contributed by atoms with Crippen LogP contribution in [0, 0.1) is 0 Å². The number of carboxylic acid groups (broad SMARTS) is 1. The molecule has 3 aromatic rings. The highest BCUT2D eigenvalue weighted by Crippen LogP contribution is 2.36. The number of thiophene rings is 1. The zero-order chi connectivity index (χ0) is 14.4. The van der Waals surface area contributed by atoms with Crippen molar-refractivity contribution in [3.05, 3.63) is 45.6 Å². The molecule has 1 N–H and O–H groups in total. The molecule has 6 heteroatoms. The molecule has 0 aliphatic heterocycles. The van der Waals surface area contributed by atoms with Crippen LogP contribution in [-0.2, 0) is 6.42 Å². The van der Waals surface area contributed by atoms with Crippen molar-refractivity contribution in [3.63, 3.8) is 0 Å². The van der Waals surface area contributed by atoms with E-state index < -0.39 is 5.97 Å². The highest BCUT2D eigenvalue weighted by Gasteiger charge is 2.25. The molecule has 0 bridgehead atoms. The Labute approximate surface area is 124 Å². The number of carbonyl (C=O) groups is 1. The van der Waals surface area contributed by atoms with Crippen LogP contribution in [0.3, 0.4) is 0 Å². The highest BCUT2D eigenvalue weighted by molar-refractivity contribution is 7.10. The van der Waals surface area contributed by atoms with E-state index in [2.05, 4.69) is 21.8 Å². The second-order valence-electron chi connectivity index (χ2n) is 5.25. The molecule has 106 valence electrons. The third-order valence-corrected chi connectivity index (χ3v) is 5.03. The van der Waals surface area contributed by atoms with E-state index in [1.54, 1.807) is 29.5 Å². The minimum Gasteiger partial charge on any atom is -0.478 e. The lowest BCUT2D eigenvalue weighted by molar-refractivity contribution is 0.0697. The summed E-state index contributed by atoms with van der Waals surface area (Å²) in [6.07, 6.45) is 3.26. The van der Waals surface area contributed by atoms with Crippen LogP contribution >= 0.6 is 11.3 Å². The number of aromatic nitrogens is 3. The molecular formula is C15H13N3O2S. The lowest BCUT2D eigenvalue weighted by atomic mass is 9.94. The zero-order valence-corrected chi connectivity index (χ0v) is 12.0. The number of aromatic carboxylic acids is 1. The number of benzene rings is 1. The fraction of sp³-hybridized carbons (Fsp3) is 0.267. The summed E-state index contributed by atoms with van der Waals surface area (Å²) in [5.74, 6) is -0.926. The van der Waals surface area contributed by atoms with E-state index >= 15 is 0 Å². The third-order valence-electron chi connectivity index (χ3n) is 4.03. The predicted octanol–water partition coefficient (Wildman–Crippen LogP) is 3.12. The summed E-state index contributed by atoms with van der Waals surface area (Å²) < 4.78 is 1.88. The fourth-order valence-electron chi connectivity index (χ4n) is 3.02. The molecule has 0 fully saturated rings. The Morgan fingerprint density at radius 1 is 1.38 bits per heavy atom. The molecule has 5 nitrogen and oxygen atoms in total. The summed E-state index contributed by atoms with van der Waals surface area (Å²) in [6, 6.07) is 7.27. The molecule has 21 heavy (non-hydrogen) atoms. The molecule has 0 amide bonds. The van der Waals surface area contributed by atoms with Crippen LogP contribution in [0.4, 0.5) is 0 Å². The number of fused-ring (bicyclic) bond motifs is 2. The predicted molar refractivity (Wildman–Crippen MR) is 79.9 cm³/mol. The van der Waals surface area contributed by atoms with E-state index in [1.165, 1.54) is 10.4 Å². The number of hydrogen-bond donors (Lipinski definition) is 1. The van der Waals surface area contributed by atoms with Gasteiger partial charge in [-0.05, 0) is 54.5 Å². The summed E-state index contributed by atoms with van der Waals surface area (Å²) in [5, 5.41) is 19.7. The minimum absolute atomic E-state index is 0.161. The Balaban J connectivity index is 1.88. The van der Waals surface area contributed by atoms with E-state index in [-0.39, 0.29) is 11.6 Å². The first-order valence-corrected chi connectivity index (χ1v) is 7.76. The van der Waals surface area contributed by atoms with Crippen molar-refractivity contribution in [2.75, 3.05) is 0 Å². The van der Waals surface area contributed by atoms with Gasteiger partial charge in [-0.2, -0.15) is 0 Å². The SMILES string of the molecule is O=C(O)c1ccc2nnn(C3CCCc4sccc43)c2c1. The Hall–Kier alpha value is -2.21. The largest absolute Gasteiger partial charge is 0.478 e. The average Bonchev–Trinajstić information content (AvgIpc) is 3.12. The topological polar surface area (TPSA) is 68.0 Å². The molecule has 0 saturated carbocycles. The lowest BCUT2D eigenvalue weighted by Crippen LogP contribution is -2.17. The van der Waals surface area contributed by atoms with Crippen LogP contribution in [0.5, 0.6) is 0 Å². The van der Waals surface area contributed by atoms with Gasteiger partial charge in [0.2, 0.25) is 0 Å². The molecule has 4 rings (SSSR count). The Bertz CT molecular complexity index is 836. The monoisotopic (exact) mass is 299 g/mol. The van der Waals surface area contributed by atoms with Gasteiger partial charge in [0.1, 0.15) is 5.52 Å². The summed E-state index contributed by atoms with van der Waals surface area (Å²) in [4.78, 5) is 12.6. The van der Waals surface area contributed by atoms with Crippen molar-refractivity contribution in [1.29, 1.82) is 0 Å². The van der Waals surface area contributed by atoms with E-state index in [1.807, 2.05) is 4.68 Å². The van der Waals surface area contributed by atoms with Gasteiger partial charge in [0.05, 0.1) is 17.1 Å². The third kappa shape index (κ3) is 1.94. The molecule has 2 heterocycles. The van der Waals surface area contributed by atoms with Crippen LogP contribution in [0.25, 0.3) is 11.0 Å². The normalized spacial score (nSPS) is 17.8. The van der Waals surface area contributed by atoms with Crippen molar-refractivity contribution in [1.82, 2.24) is 15.0 Å². The molecule has 0 radical (unpaired) electrons. The average molecular weight is 299 g/mol. The van der Waals surface area contributed by atoms with Crippen molar-refractivity contribution in [2.24, 2.45) is 0 Å². The molecule has 0 spiro atoms. The Kier molecular flexibility index (Phi) is 2.78. The molecular weight excluding hydrogens is 286 g/mol. The standard InChI is InChI=1S/C15H13N3O2S/c19-15(20)9-4-5-11-13(8-9)18(17-16-11)12-2-1-3-14-10(12)6-7-21-14/h4-8,12H,1-3H2,(H,19,20). The molecule has 1 aliphatic rings. The van der Waals surface area contributed by atoms with Gasteiger partial charge in [0.25, 0.3) is 0 Å². The number of rotatable bonds is 2. The minimum atomic E-state index is -0.926. The first-order valence-electron chi connectivity index (χ1n) is 6.88. The van der Waals surface area contributed by atoms with Gasteiger partial charge < -0.3 is 5.11 Å². The van der Waals surface area contributed by atoms with Gasteiger partial charge >= 0.3 is 5.97 Å². The van der Waals surface area contributed by atoms with Gasteiger partial charge in [0.15, 0.2) is 0 Å². The highest BCUT2D eigenvalue weighted by atomic mass is 32.1. The smallest absolute Gasteiger partial charge is 0.335 e. The van der Waals surface area contributed by atoms with Crippen LogP contribution in [0.1, 0.15) is 39.7 Å². The van der Waals surface area contributed by atoms with Gasteiger partial charge in [-0.15, -0.1) is 16.4 Å².